The van der Waals surface area contributed by atoms with Gasteiger partial charge >= 0.3 is 0 Å². The fraction of sp³-hybridized carbons (Fsp3) is 0.381. The highest BCUT2D eigenvalue weighted by Gasteiger charge is 2.42. The summed E-state index contributed by atoms with van der Waals surface area (Å²) >= 11 is 0. The topological polar surface area (TPSA) is 35.6 Å². The zero-order chi connectivity index (χ0) is 16.8. The molecule has 1 N–H and O–H groups in total. The number of anilines is 2. The van der Waals surface area contributed by atoms with Crippen molar-refractivity contribution in [1.82, 2.24) is 4.90 Å². The highest BCUT2D eigenvalue weighted by atomic mass is 16.2. The molecule has 2 aromatic rings. The number of nitrogens with one attached hydrogen (secondary N) is 1. The molecule has 1 saturated carbocycles. The van der Waals surface area contributed by atoms with E-state index >= 15 is 0 Å². The summed E-state index contributed by atoms with van der Waals surface area (Å²) in [4.78, 5) is 17.7. The lowest BCUT2D eigenvalue weighted by Gasteiger charge is -2.40. The molecule has 1 aliphatic carbocycles. The summed E-state index contributed by atoms with van der Waals surface area (Å²) in [6, 6.07) is 16.8. The molecule has 0 radical (unpaired) electrons. The van der Waals surface area contributed by atoms with Crippen LogP contribution < -0.4 is 10.2 Å². The van der Waals surface area contributed by atoms with E-state index in [0.717, 1.165) is 37.2 Å². The van der Waals surface area contributed by atoms with Crippen LogP contribution in [0.5, 0.6) is 0 Å². The van der Waals surface area contributed by atoms with E-state index in [2.05, 4.69) is 39.4 Å². The molecular weight excluding hydrogens is 310 g/mol. The number of para-hydroxylation sites is 2. The lowest BCUT2D eigenvalue weighted by atomic mass is 10.0. The molecule has 2 fully saturated rings. The first-order valence-corrected chi connectivity index (χ1v) is 9.35. The van der Waals surface area contributed by atoms with E-state index < -0.39 is 0 Å². The molecule has 3 aliphatic rings. The quantitative estimate of drug-likeness (QED) is 0.921. The van der Waals surface area contributed by atoms with Gasteiger partial charge in [-0.15, -0.1) is 0 Å². The maximum absolute atomic E-state index is 13.2. The average Bonchev–Trinajstić information content (AvgIpc) is 3.34. The predicted molar refractivity (Wildman–Crippen MR) is 99.9 cm³/mol. The molecule has 2 aromatic carbocycles. The SMILES string of the molecule is O=C1c2ccccc2N[C@H](c2ccccc2N2CCCC2)N1C1CC1. The number of amides is 1. The normalized spacial score (nSPS) is 22.7. The van der Waals surface area contributed by atoms with Gasteiger partial charge in [0.25, 0.3) is 5.91 Å². The lowest BCUT2D eigenvalue weighted by Crippen LogP contribution is -2.44. The first-order valence-electron chi connectivity index (χ1n) is 9.35. The minimum absolute atomic E-state index is 0.0771. The summed E-state index contributed by atoms with van der Waals surface area (Å²) in [5.74, 6) is 0.165. The van der Waals surface area contributed by atoms with Gasteiger partial charge < -0.3 is 15.1 Å². The van der Waals surface area contributed by atoms with E-state index in [9.17, 15) is 4.79 Å². The second kappa shape index (κ2) is 5.80. The van der Waals surface area contributed by atoms with Crippen molar-refractivity contribution in [1.29, 1.82) is 0 Å². The summed E-state index contributed by atoms with van der Waals surface area (Å²) in [6.45, 7) is 2.22. The molecule has 128 valence electrons. The Morgan fingerprint density at radius 3 is 2.44 bits per heavy atom. The molecular formula is C21H23N3O. The Bertz CT molecular complexity index is 808. The Hall–Kier alpha value is -2.49. The summed E-state index contributed by atoms with van der Waals surface area (Å²) in [5.41, 5.74) is 4.24. The number of benzene rings is 2. The molecule has 5 rings (SSSR count). The Kier molecular flexibility index (Phi) is 3.44. The van der Waals surface area contributed by atoms with Crippen molar-refractivity contribution in [2.45, 2.75) is 37.9 Å². The van der Waals surface area contributed by atoms with Crippen LogP contribution in [0, 0.1) is 0 Å². The zero-order valence-electron chi connectivity index (χ0n) is 14.3. The first-order chi connectivity index (χ1) is 12.3. The van der Waals surface area contributed by atoms with Crippen molar-refractivity contribution in [3.63, 3.8) is 0 Å². The van der Waals surface area contributed by atoms with Crippen molar-refractivity contribution >= 4 is 17.3 Å². The molecule has 0 bridgehead atoms. The Morgan fingerprint density at radius 2 is 1.64 bits per heavy atom. The van der Waals surface area contributed by atoms with E-state index in [4.69, 9.17) is 0 Å². The van der Waals surface area contributed by atoms with Crippen molar-refractivity contribution < 1.29 is 4.79 Å². The summed E-state index contributed by atoms with van der Waals surface area (Å²) in [7, 11) is 0. The molecule has 1 saturated heterocycles. The van der Waals surface area contributed by atoms with E-state index in [1.54, 1.807) is 0 Å². The first kappa shape index (κ1) is 14.8. The number of hydrogen-bond donors (Lipinski definition) is 1. The van der Waals surface area contributed by atoms with Crippen LogP contribution in [0.25, 0.3) is 0 Å². The molecule has 2 heterocycles. The number of fused-ring (bicyclic) bond motifs is 1. The van der Waals surface area contributed by atoms with Crippen molar-refractivity contribution in [3.8, 4) is 0 Å². The maximum Gasteiger partial charge on any atom is 0.258 e. The van der Waals surface area contributed by atoms with Gasteiger partial charge in [0.05, 0.1) is 5.56 Å². The third-order valence-corrected chi connectivity index (χ3v) is 5.58. The number of carbonyl (C=O) groups excluding carboxylic acids is 1. The molecule has 0 unspecified atom stereocenters. The highest BCUT2D eigenvalue weighted by molar-refractivity contribution is 6.02. The average molecular weight is 333 g/mol. The van der Waals surface area contributed by atoms with Gasteiger partial charge in [-0.2, -0.15) is 0 Å². The van der Waals surface area contributed by atoms with Crippen LogP contribution >= 0.6 is 0 Å². The number of nitrogens with zero attached hydrogens (tertiary/aromatic N) is 2. The number of rotatable bonds is 3. The fourth-order valence-electron chi connectivity index (χ4n) is 4.19. The third-order valence-electron chi connectivity index (χ3n) is 5.58. The Morgan fingerprint density at radius 1 is 0.920 bits per heavy atom. The Labute approximate surface area is 148 Å². The van der Waals surface area contributed by atoms with Gasteiger partial charge in [0.2, 0.25) is 0 Å². The van der Waals surface area contributed by atoms with E-state index in [1.807, 2.05) is 24.3 Å². The molecule has 4 nitrogen and oxygen atoms in total. The monoisotopic (exact) mass is 333 g/mol. The second-order valence-corrected chi connectivity index (χ2v) is 7.29. The molecule has 2 aliphatic heterocycles. The van der Waals surface area contributed by atoms with E-state index in [-0.39, 0.29) is 12.1 Å². The van der Waals surface area contributed by atoms with Gasteiger partial charge in [0, 0.05) is 36.1 Å². The van der Waals surface area contributed by atoms with Gasteiger partial charge in [-0.3, -0.25) is 4.79 Å². The number of hydrogen-bond acceptors (Lipinski definition) is 3. The number of carbonyl (C=O) groups is 1. The minimum Gasteiger partial charge on any atom is -0.371 e. The fourth-order valence-corrected chi connectivity index (χ4v) is 4.19. The second-order valence-electron chi connectivity index (χ2n) is 7.29. The third kappa shape index (κ3) is 2.48. The van der Waals surface area contributed by atoms with E-state index in [1.165, 1.54) is 24.1 Å². The van der Waals surface area contributed by atoms with Crippen LogP contribution in [0.4, 0.5) is 11.4 Å². The maximum atomic E-state index is 13.2. The van der Waals surface area contributed by atoms with Crippen LogP contribution in [0.15, 0.2) is 48.5 Å². The van der Waals surface area contributed by atoms with Crippen LogP contribution in [-0.4, -0.2) is 29.9 Å². The highest BCUT2D eigenvalue weighted by Crippen LogP contribution is 2.43. The minimum atomic E-state index is -0.0771. The summed E-state index contributed by atoms with van der Waals surface area (Å²) in [6.07, 6.45) is 4.64. The van der Waals surface area contributed by atoms with Crippen molar-refractivity contribution in [2.24, 2.45) is 0 Å². The van der Waals surface area contributed by atoms with Gasteiger partial charge in [-0.1, -0.05) is 30.3 Å². The van der Waals surface area contributed by atoms with Crippen LogP contribution in [-0.2, 0) is 0 Å². The predicted octanol–water partition coefficient (Wildman–Crippen LogP) is 4.02. The molecule has 0 aromatic heterocycles. The van der Waals surface area contributed by atoms with Crippen LogP contribution in [0.2, 0.25) is 0 Å². The molecule has 0 spiro atoms. The van der Waals surface area contributed by atoms with Crippen LogP contribution in [0.1, 0.15) is 47.8 Å². The Balaban J connectivity index is 1.60. The zero-order valence-corrected chi connectivity index (χ0v) is 14.3. The van der Waals surface area contributed by atoms with Gasteiger partial charge in [0.1, 0.15) is 6.17 Å². The smallest absolute Gasteiger partial charge is 0.258 e. The molecule has 25 heavy (non-hydrogen) atoms. The van der Waals surface area contributed by atoms with E-state index in [0.29, 0.717) is 6.04 Å². The van der Waals surface area contributed by atoms with Crippen molar-refractivity contribution in [2.75, 3.05) is 23.3 Å². The van der Waals surface area contributed by atoms with Crippen molar-refractivity contribution in [3.05, 3.63) is 59.7 Å². The van der Waals surface area contributed by atoms with Gasteiger partial charge in [-0.25, -0.2) is 0 Å². The standard InChI is InChI=1S/C21H23N3O/c25-21-16-7-1-3-9-18(16)22-20(24(21)15-11-12-15)17-8-2-4-10-19(17)23-13-5-6-14-23/h1-4,7-10,15,20,22H,5-6,11-14H2/t20-/m0/s1. The molecule has 1 atom stereocenters. The summed E-state index contributed by atoms with van der Waals surface area (Å²) in [5, 5.41) is 3.66. The summed E-state index contributed by atoms with van der Waals surface area (Å²) < 4.78 is 0. The largest absolute Gasteiger partial charge is 0.371 e. The van der Waals surface area contributed by atoms with Gasteiger partial charge in [0.15, 0.2) is 0 Å². The van der Waals surface area contributed by atoms with Crippen LogP contribution in [0.3, 0.4) is 0 Å². The molecule has 1 amide bonds. The molecule has 4 heteroatoms. The van der Waals surface area contributed by atoms with Gasteiger partial charge in [-0.05, 0) is 43.9 Å². The lowest BCUT2D eigenvalue weighted by molar-refractivity contribution is 0.0667.